The molecule has 1 aliphatic carbocycles. The second-order valence-corrected chi connectivity index (χ2v) is 5.33. The molecule has 1 amide bonds. The summed E-state index contributed by atoms with van der Waals surface area (Å²) in [4.78, 5) is 13.4. The Bertz CT molecular complexity index is 298. The molecule has 2 fully saturated rings. The topological polar surface area (TPSA) is 82.0 Å². The Kier molecular flexibility index (Phi) is 4.09. The van der Waals surface area contributed by atoms with Crippen LogP contribution >= 0.6 is 0 Å². The number of likely N-dealkylation sites (tertiary alicyclic amines) is 1. The first-order valence-electron chi connectivity index (χ1n) is 6.53. The van der Waals surface area contributed by atoms with Crippen molar-refractivity contribution >= 4 is 6.09 Å². The Labute approximate surface area is 107 Å². The summed E-state index contributed by atoms with van der Waals surface area (Å²) in [6.07, 6.45) is 3.02. The molecular formula is C12H22N2O4. The summed E-state index contributed by atoms with van der Waals surface area (Å²) < 4.78 is 4.59. The van der Waals surface area contributed by atoms with Gasteiger partial charge in [-0.2, -0.15) is 0 Å². The number of amides is 1. The molecule has 0 aromatic rings. The highest BCUT2D eigenvalue weighted by atomic mass is 16.5. The number of nitrogens with zero attached hydrogens (tertiary/aromatic N) is 1. The number of methoxy groups -OCH3 is 1. The summed E-state index contributed by atoms with van der Waals surface area (Å²) in [6, 6.07) is 0.550. The maximum Gasteiger partial charge on any atom is 0.407 e. The van der Waals surface area contributed by atoms with E-state index in [-0.39, 0.29) is 12.1 Å². The van der Waals surface area contributed by atoms with Crippen molar-refractivity contribution in [3.63, 3.8) is 0 Å². The first kappa shape index (κ1) is 13.6. The average Bonchev–Trinajstić information content (AvgIpc) is 2.77. The van der Waals surface area contributed by atoms with E-state index < -0.39 is 5.79 Å². The maximum absolute atomic E-state index is 11.1. The van der Waals surface area contributed by atoms with Crippen LogP contribution in [-0.4, -0.2) is 59.3 Å². The average molecular weight is 258 g/mol. The van der Waals surface area contributed by atoms with Crippen LogP contribution < -0.4 is 5.32 Å². The smallest absolute Gasteiger partial charge is 0.407 e. The molecule has 3 N–H and O–H groups in total. The highest BCUT2D eigenvalue weighted by Gasteiger charge is 2.36. The van der Waals surface area contributed by atoms with Crippen LogP contribution in [0, 0.1) is 0 Å². The highest BCUT2D eigenvalue weighted by Crippen LogP contribution is 2.30. The Morgan fingerprint density at radius 2 is 2.00 bits per heavy atom. The summed E-state index contributed by atoms with van der Waals surface area (Å²) in [7, 11) is 1.37. The number of ether oxygens (including phenoxy) is 1. The molecule has 0 aromatic carbocycles. The number of aliphatic hydroxyl groups is 2. The van der Waals surface area contributed by atoms with Crippen molar-refractivity contribution in [2.75, 3.05) is 20.2 Å². The number of rotatable bonds is 2. The first-order chi connectivity index (χ1) is 8.50. The Balaban J connectivity index is 1.77. The van der Waals surface area contributed by atoms with Crippen LogP contribution in [0.4, 0.5) is 4.79 Å². The van der Waals surface area contributed by atoms with Gasteiger partial charge in [0.1, 0.15) is 0 Å². The van der Waals surface area contributed by atoms with Gasteiger partial charge in [-0.05, 0) is 19.3 Å². The lowest BCUT2D eigenvalue weighted by Gasteiger charge is -2.36. The zero-order chi connectivity index (χ0) is 13.2. The largest absolute Gasteiger partial charge is 0.453 e. The molecule has 2 aliphatic rings. The third-order valence-corrected chi connectivity index (χ3v) is 4.00. The highest BCUT2D eigenvalue weighted by molar-refractivity contribution is 5.67. The van der Waals surface area contributed by atoms with Gasteiger partial charge in [-0.25, -0.2) is 4.79 Å². The van der Waals surface area contributed by atoms with Crippen LogP contribution in [0.5, 0.6) is 0 Å². The van der Waals surface area contributed by atoms with Crippen LogP contribution in [0.1, 0.15) is 32.1 Å². The van der Waals surface area contributed by atoms with E-state index in [1.807, 2.05) is 0 Å². The molecule has 1 atom stereocenters. The molecule has 18 heavy (non-hydrogen) atoms. The molecule has 1 saturated carbocycles. The third kappa shape index (κ3) is 3.34. The van der Waals surface area contributed by atoms with E-state index in [1.165, 1.54) is 7.11 Å². The minimum atomic E-state index is -1.47. The van der Waals surface area contributed by atoms with Crippen molar-refractivity contribution in [2.24, 2.45) is 0 Å². The van der Waals surface area contributed by atoms with Gasteiger partial charge in [-0.1, -0.05) is 0 Å². The summed E-state index contributed by atoms with van der Waals surface area (Å²) in [6.45, 7) is 1.77. The third-order valence-electron chi connectivity index (χ3n) is 4.00. The second-order valence-electron chi connectivity index (χ2n) is 5.33. The Hall–Kier alpha value is -0.850. The van der Waals surface area contributed by atoms with E-state index in [1.54, 1.807) is 0 Å². The van der Waals surface area contributed by atoms with Crippen LogP contribution in [0.25, 0.3) is 0 Å². The normalized spacial score (nSPS) is 29.2. The minimum absolute atomic E-state index is 0.146. The van der Waals surface area contributed by atoms with Gasteiger partial charge < -0.3 is 20.3 Å². The Morgan fingerprint density at radius 3 is 2.61 bits per heavy atom. The monoisotopic (exact) mass is 258 g/mol. The SMILES string of the molecule is COC(=O)NC1CCN(C2CCC(O)(O)CC2)C1. The minimum Gasteiger partial charge on any atom is -0.453 e. The lowest BCUT2D eigenvalue weighted by atomic mass is 9.89. The first-order valence-corrected chi connectivity index (χ1v) is 6.53. The zero-order valence-electron chi connectivity index (χ0n) is 10.8. The Morgan fingerprint density at radius 1 is 1.33 bits per heavy atom. The molecule has 104 valence electrons. The predicted octanol–water partition coefficient (Wildman–Crippen LogP) is 0.0402. The van der Waals surface area contributed by atoms with Gasteiger partial charge in [0, 0.05) is 38.0 Å². The predicted molar refractivity (Wildman–Crippen MR) is 64.9 cm³/mol. The molecular weight excluding hydrogens is 236 g/mol. The quantitative estimate of drug-likeness (QED) is 0.609. The van der Waals surface area contributed by atoms with Gasteiger partial charge in [0.05, 0.1) is 7.11 Å². The fourth-order valence-corrected chi connectivity index (χ4v) is 2.89. The summed E-state index contributed by atoms with van der Waals surface area (Å²) in [5, 5.41) is 21.8. The van der Waals surface area contributed by atoms with E-state index in [0.717, 1.165) is 32.4 Å². The number of carbonyl (C=O) groups excluding carboxylic acids is 1. The lowest BCUT2D eigenvalue weighted by Crippen LogP contribution is -2.44. The maximum atomic E-state index is 11.1. The lowest BCUT2D eigenvalue weighted by molar-refractivity contribution is -0.187. The fraction of sp³-hybridized carbons (Fsp3) is 0.917. The number of hydrogen-bond acceptors (Lipinski definition) is 5. The summed E-state index contributed by atoms with van der Waals surface area (Å²) in [5.74, 6) is -1.47. The van der Waals surface area contributed by atoms with E-state index in [0.29, 0.717) is 18.9 Å². The molecule has 2 rings (SSSR count). The summed E-state index contributed by atoms with van der Waals surface area (Å²) >= 11 is 0. The standard InChI is InChI=1S/C12H22N2O4/c1-18-11(15)13-9-4-7-14(8-9)10-2-5-12(16,17)6-3-10/h9-10,16-17H,2-8H2,1H3,(H,13,15). The van der Waals surface area contributed by atoms with E-state index in [9.17, 15) is 15.0 Å². The molecule has 0 aromatic heterocycles. The van der Waals surface area contributed by atoms with Crippen LogP contribution in [0.15, 0.2) is 0 Å². The van der Waals surface area contributed by atoms with E-state index >= 15 is 0 Å². The molecule has 1 heterocycles. The van der Waals surface area contributed by atoms with E-state index in [2.05, 4.69) is 15.0 Å². The van der Waals surface area contributed by atoms with Gasteiger partial charge in [0.25, 0.3) is 0 Å². The summed E-state index contributed by atoms with van der Waals surface area (Å²) in [5.41, 5.74) is 0. The molecule has 1 unspecified atom stereocenters. The van der Waals surface area contributed by atoms with Crippen LogP contribution in [-0.2, 0) is 4.74 Å². The molecule has 6 heteroatoms. The molecule has 1 aliphatic heterocycles. The molecule has 1 saturated heterocycles. The van der Waals surface area contributed by atoms with Gasteiger partial charge in [-0.3, -0.25) is 4.90 Å². The molecule has 0 radical (unpaired) electrons. The van der Waals surface area contributed by atoms with Crippen molar-refractivity contribution in [3.8, 4) is 0 Å². The van der Waals surface area contributed by atoms with Crippen molar-refractivity contribution < 1.29 is 19.7 Å². The van der Waals surface area contributed by atoms with E-state index in [4.69, 9.17) is 0 Å². The molecule has 0 spiro atoms. The van der Waals surface area contributed by atoms with Crippen LogP contribution in [0.2, 0.25) is 0 Å². The number of nitrogens with one attached hydrogen (secondary N) is 1. The van der Waals surface area contributed by atoms with Crippen molar-refractivity contribution in [3.05, 3.63) is 0 Å². The van der Waals surface area contributed by atoms with Crippen molar-refractivity contribution in [1.29, 1.82) is 0 Å². The molecule has 0 bridgehead atoms. The fourth-order valence-electron chi connectivity index (χ4n) is 2.89. The number of hydrogen-bond donors (Lipinski definition) is 3. The van der Waals surface area contributed by atoms with Gasteiger partial charge >= 0.3 is 6.09 Å². The number of carbonyl (C=O) groups is 1. The zero-order valence-corrected chi connectivity index (χ0v) is 10.8. The van der Waals surface area contributed by atoms with Gasteiger partial charge in [-0.15, -0.1) is 0 Å². The van der Waals surface area contributed by atoms with Crippen molar-refractivity contribution in [1.82, 2.24) is 10.2 Å². The number of alkyl carbamates (subject to hydrolysis) is 1. The van der Waals surface area contributed by atoms with Crippen LogP contribution in [0.3, 0.4) is 0 Å². The second kappa shape index (κ2) is 5.42. The van der Waals surface area contributed by atoms with Gasteiger partial charge in [0.15, 0.2) is 5.79 Å². The molecule has 6 nitrogen and oxygen atoms in total. The van der Waals surface area contributed by atoms with Gasteiger partial charge in [0.2, 0.25) is 0 Å². The van der Waals surface area contributed by atoms with Crippen molar-refractivity contribution in [2.45, 2.75) is 50.0 Å².